The van der Waals surface area contributed by atoms with Gasteiger partial charge in [-0.05, 0) is 24.3 Å². The molecule has 1 aromatic rings. The van der Waals surface area contributed by atoms with Gasteiger partial charge in [0.2, 0.25) is 10.0 Å². The van der Waals surface area contributed by atoms with E-state index in [1.807, 2.05) is 31.2 Å². The van der Waals surface area contributed by atoms with Gasteiger partial charge in [-0.2, -0.15) is 4.31 Å². The molecule has 1 aromatic carbocycles. The zero-order valence-corrected chi connectivity index (χ0v) is 12.7. The van der Waals surface area contributed by atoms with Crippen molar-refractivity contribution < 1.29 is 13.2 Å². The predicted molar refractivity (Wildman–Crippen MR) is 79.7 cm³/mol. The predicted octanol–water partition coefficient (Wildman–Crippen LogP) is 1.36. The summed E-state index contributed by atoms with van der Waals surface area (Å²) in [6.45, 7) is 4.21. The molecule has 0 unspecified atom stereocenters. The number of carbonyl (C=O) groups is 1. The summed E-state index contributed by atoms with van der Waals surface area (Å²) in [5, 5.41) is 0. The lowest BCUT2D eigenvalue weighted by atomic mass is 10.1. The van der Waals surface area contributed by atoms with E-state index in [1.54, 1.807) is 0 Å². The van der Waals surface area contributed by atoms with E-state index < -0.39 is 10.0 Å². The van der Waals surface area contributed by atoms with Crippen molar-refractivity contribution in [3.8, 4) is 0 Å². The first-order valence-corrected chi connectivity index (χ1v) is 8.60. The van der Waals surface area contributed by atoms with Crippen molar-refractivity contribution in [2.45, 2.75) is 13.3 Å². The lowest BCUT2D eigenvalue weighted by molar-refractivity contribution is 0.0988. The van der Waals surface area contributed by atoms with E-state index in [0.29, 0.717) is 32.6 Å². The van der Waals surface area contributed by atoms with Crippen LogP contribution in [0.25, 0.3) is 0 Å². The Labute approximate surface area is 120 Å². The lowest BCUT2D eigenvalue weighted by Gasteiger charge is -2.34. The summed E-state index contributed by atoms with van der Waals surface area (Å²) >= 11 is 0. The zero-order chi connectivity index (χ0) is 14.8. The molecule has 1 saturated heterocycles. The molecule has 2 rings (SSSR count). The maximum absolute atomic E-state index is 11.6. The zero-order valence-electron chi connectivity index (χ0n) is 11.9. The fourth-order valence-electron chi connectivity index (χ4n) is 2.34. The monoisotopic (exact) mass is 296 g/mol. The summed E-state index contributed by atoms with van der Waals surface area (Å²) in [5.74, 6) is 0.137. The Morgan fingerprint density at radius 1 is 1.10 bits per heavy atom. The molecule has 0 bridgehead atoms. The summed E-state index contributed by atoms with van der Waals surface area (Å²) in [5.41, 5.74) is 1.76. The molecule has 1 aliphatic heterocycles. The van der Waals surface area contributed by atoms with Crippen LogP contribution < -0.4 is 4.90 Å². The van der Waals surface area contributed by atoms with Crippen LogP contribution in [0.4, 0.5) is 5.69 Å². The molecule has 20 heavy (non-hydrogen) atoms. The highest BCUT2D eigenvalue weighted by Gasteiger charge is 2.23. The van der Waals surface area contributed by atoms with Gasteiger partial charge in [0.05, 0.1) is 6.26 Å². The Morgan fingerprint density at radius 3 is 2.10 bits per heavy atom. The van der Waals surface area contributed by atoms with Crippen LogP contribution in [0, 0.1) is 0 Å². The number of sulfonamides is 1. The molecule has 1 heterocycles. The second kappa shape index (κ2) is 5.93. The summed E-state index contributed by atoms with van der Waals surface area (Å²) in [6.07, 6.45) is 1.75. The van der Waals surface area contributed by atoms with Crippen LogP contribution in [-0.2, 0) is 10.0 Å². The fraction of sp³-hybridized carbons (Fsp3) is 0.500. The maximum Gasteiger partial charge on any atom is 0.211 e. The number of nitrogens with zero attached hydrogens (tertiary/aromatic N) is 2. The van der Waals surface area contributed by atoms with E-state index in [-0.39, 0.29) is 5.78 Å². The molecule has 0 aromatic heterocycles. The molecule has 0 atom stereocenters. The van der Waals surface area contributed by atoms with Crippen LogP contribution in [0.1, 0.15) is 23.7 Å². The number of piperazine rings is 1. The van der Waals surface area contributed by atoms with Crippen LogP contribution in [0.3, 0.4) is 0 Å². The maximum atomic E-state index is 11.6. The van der Waals surface area contributed by atoms with Crippen molar-refractivity contribution >= 4 is 21.5 Å². The third-order valence-electron chi connectivity index (χ3n) is 3.58. The van der Waals surface area contributed by atoms with Gasteiger partial charge in [-0.1, -0.05) is 6.92 Å². The highest BCUT2D eigenvalue weighted by atomic mass is 32.2. The van der Waals surface area contributed by atoms with Gasteiger partial charge < -0.3 is 4.90 Å². The molecule has 0 spiro atoms. The van der Waals surface area contributed by atoms with Crippen molar-refractivity contribution in [3.05, 3.63) is 29.8 Å². The third kappa shape index (κ3) is 3.37. The average Bonchev–Trinajstić information content (AvgIpc) is 2.46. The van der Waals surface area contributed by atoms with Crippen LogP contribution >= 0.6 is 0 Å². The molecule has 0 aliphatic carbocycles. The molecule has 0 amide bonds. The first-order valence-electron chi connectivity index (χ1n) is 6.75. The quantitative estimate of drug-likeness (QED) is 0.787. The normalized spacial score (nSPS) is 17.2. The lowest BCUT2D eigenvalue weighted by Crippen LogP contribution is -2.48. The summed E-state index contributed by atoms with van der Waals surface area (Å²) in [4.78, 5) is 13.7. The molecule has 0 N–H and O–H groups in total. The van der Waals surface area contributed by atoms with Crippen LogP contribution in [-0.4, -0.2) is 50.9 Å². The van der Waals surface area contributed by atoms with Gasteiger partial charge in [-0.3, -0.25) is 4.79 Å². The minimum absolute atomic E-state index is 0.137. The minimum atomic E-state index is -3.09. The number of carbonyl (C=O) groups excluding carboxylic acids is 1. The molecular weight excluding hydrogens is 276 g/mol. The standard InChI is InChI=1S/C14H20N2O3S/c1-3-14(17)12-4-6-13(7-5-12)15-8-10-16(11-9-15)20(2,18)19/h4-7H,3,8-11H2,1-2H3. The fourth-order valence-corrected chi connectivity index (χ4v) is 3.17. The van der Waals surface area contributed by atoms with E-state index >= 15 is 0 Å². The van der Waals surface area contributed by atoms with E-state index in [9.17, 15) is 13.2 Å². The summed E-state index contributed by atoms with van der Waals surface area (Å²) in [6, 6.07) is 7.53. The Bertz CT molecular complexity index is 573. The van der Waals surface area contributed by atoms with Gasteiger partial charge in [-0.15, -0.1) is 0 Å². The molecule has 5 nitrogen and oxygen atoms in total. The van der Waals surface area contributed by atoms with Crippen molar-refractivity contribution in [1.29, 1.82) is 0 Å². The van der Waals surface area contributed by atoms with Crippen molar-refractivity contribution in [3.63, 3.8) is 0 Å². The highest BCUT2D eigenvalue weighted by molar-refractivity contribution is 7.88. The van der Waals surface area contributed by atoms with Gasteiger partial charge in [0.25, 0.3) is 0 Å². The number of anilines is 1. The number of Topliss-reactive ketones (excluding diaryl/α,β-unsaturated/α-hetero) is 1. The Kier molecular flexibility index (Phi) is 4.45. The van der Waals surface area contributed by atoms with E-state index in [0.717, 1.165) is 11.3 Å². The van der Waals surface area contributed by atoms with E-state index in [1.165, 1.54) is 10.6 Å². The summed E-state index contributed by atoms with van der Waals surface area (Å²) < 4.78 is 24.4. The first-order chi connectivity index (χ1) is 9.41. The first kappa shape index (κ1) is 15.0. The van der Waals surface area contributed by atoms with Crippen LogP contribution in [0.5, 0.6) is 0 Å². The summed E-state index contributed by atoms with van der Waals surface area (Å²) in [7, 11) is -3.09. The number of rotatable bonds is 4. The Hall–Kier alpha value is -1.40. The van der Waals surface area contributed by atoms with Gasteiger partial charge in [0.15, 0.2) is 5.78 Å². The van der Waals surface area contributed by atoms with Crippen LogP contribution in [0.2, 0.25) is 0 Å². The smallest absolute Gasteiger partial charge is 0.211 e. The topological polar surface area (TPSA) is 57.7 Å². The minimum Gasteiger partial charge on any atom is -0.369 e. The SMILES string of the molecule is CCC(=O)c1ccc(N2CCN(S(C)(=O)=O)CC2)cc1. The largest absolute Gasteiger partial charge is 0.369 e. The molecule has 1 fully saturated rings. The molecule has 1 aliphatic rings. The van der Waals surface area contributed by atoms with Gasteiger partial charge in [-0.25, -0.2) is 8.42 Å². The van der Waals surface area contributed by atoms with Gasteiger partial charge in [0.1, 0.15) is 0 Å². The molecular formula is C14H20N2O3S. The average molecular weight is 296 g/mol. The van der Waals surface area contributed by atoms with E-state index in [2.05, 4.69) is 4.90 Å². The highest BCUT2D eigenvalue weighted by Crippen LogP contribution is 2.18. The van der Waals surface area contributed by atoms with Crippen molar-refractivity contribution in [2.24, 2.45) is 0 Å². The van der Waals surface area contributed by atoms with Crippen molar-refractivity contribution in [1.82, 2.24) is 4.31 Å². The number of benzene rings is 1. The molecule has 6 heteroatoms. The van der Waals surface area contributed by atoms with E-state index in [4.69, 9.17) is 0 Å². The van der Waals surface area contributed by atoms with Gasteiger partial charge >= 0.3 is 0 Å². The number of hydrogen-bond acceptors (Lipinski definition) is 4. The number of hydrogen-bond donors (Lipinski definition) is 0. The third-order valence-corrected chi connectivity index (χ3v) is 4.89. The van der Waals surface area contributed by atoms with Gasteiger partial charge in [0, 0.05) is 43.9 Å². The van der Waals surface area contributed by atoms with Crippen molar-refractivity contribution in [2.75, 3.05) is 37.3 Å². The molecule has 110 valence electrons. The van der Waals surface area contributed by atoms with Crippen LogP contribution in [0.15, 0.2) is 24.3 Å². The molecule has 0 radical (unpaired) electrons. The number of ketones is 1. The second-order valence-corrected chi connectivity index (χ2v) is 6.96. The Balaban J connectivity index is 2.02. The molecule has 0 saturated carbocycles. The Morgan fingerprint density at radius 2 is 1.65 bits per heavy atom. The second-order valence-electron chi connectivity index (χ2n) is 4.97.